The second-order valence-electron chi connectivity index (χ2n) is 13.8. The molecule has 1 aliphatic carbocycles. The van der Waals surface area contributed by atoms with Gasteiger partial charge in [0.25, 0.3) is 0 Å². The number of benzene rings is 6. The molecule has 0 aliphatic heterocycles. The van der Waals surface area contributed by atoms with Crippen molar-refractivity contribution >= 4 is 31.5 Å². The number of thiophene rings is 1. The second kappa shape index (κ2) is 11.9. The van der Waals surface area contributed by atoms with Crippen LogP contribution < -0.4 is 0 Å². The zero-order valence-corrected chi connectivity index (χ0v) is 29.5. The smallest absolute Gasteiger partial charge is 0.160 e. The molecule has 0 saturated carbocycles. The number of nitrogens with zero attached hydrogens (tertiary/aromatic N) is 4. The van der Waals surface area contributed by atoms with Gasteiger partial charge in [-0.15, -0.1) is 11.3 Å². The minimum absolute atomic E-state index is 0.264. The summed E-state index contributed by atoms with van der Waals surface area (Å²) in [6.07, 6.45) is 0. The predicted molar refractivity (Wildman–Crippen MR) is 215 cm³/mol. The summed E-state index contributed by atoms with van der Waals surface area (Å²) in [5.74, 6) is 1.45. The van der Waals surface area contributed by atoms with Crippen LogP contribution >= 0.6 is 11.3 Å². The van der Waals surface area contributed by atoms with E-state index in [1.165, 1.54) is 31.3 Å². The summed E-state index contributed by atoms with van der Waals surface area (Å²) < 4.78 is 2.44. The van der Waals surface area contributed by atoms with Crippen molar-refractivity contribution in [2.75, 3.05) is 0 Å². The Labute approximate surface area is 306 Å². The lowest BCUT2D eigenvalue weighted by atomic mass is 9.85. The SMILES string of the molecule is CC1(C)c2ccccc2-c2c(-c3ccc4sc5cccc(-c6cc(-c7ccccc7)nc(-c7ccccc7)n6)c5c4c3)nc(-c3ccccc3)nc21. The van der Waals surface area contributed by atoms with E-state index in [-0.39, 0.29) is 5.41 Å². The lowest BCUT2D eigenvalue weighted by Crippen LogP contribution is -2.17. The third kappa shape index (κ3) is 4.89. The molecule has 0 bridgehead atoms. The van der Waals surface area contributed by atoms with E-state index in [2.05, 4.69) is 141 Å². The maximum atomic E-state index is 5.36. The maximum Gasteiger partial charge on any atom is 0.160 e. The van der Waals surface area contributed by atoms with Crippen LogP contribution in [0.2, 0.25) is 0 Å². The van der Waals surface area contributed by atoms with Crippen LogP contribution in [0.5, 0.6) is 0 Å². The third-order valence-corrected chi connectivity index (χ3v) is 11.4. The fraction of sp³-hybridized carbons (Fsp3) is 0.0638. The van der Waals surface area contributed by atoms with Gasteiger partial charge in [0.15, 0.2) is 11.6 Å². The van der Waals surface area contributed by atoms with Gasteiger partial charge in [-0.05, 0) is 35.4 Å². The molecule has 3 heterocycles. The molecular weight excluding hydrogens is 653 g/mol. The Morgan fingerprint density at radius 2 is 1.08 bits per heavy atom. The zero-order valence-electron chi connectivity index (χ0n) is 28.7. The van der Waals surface area contributed by atoms with Crippen LogP contribution in [0.25, 0.3) is 87.8 Å². The van der Waals surface area contributed by atoms with E-state index in [1.54, 1.807) is 0 Å². The molecule has 0 amide bonds. The average molecular weight is 685 g/mol. The van der Waals surface area contributed by atoms with Gasteiger partial charge in [-0.2, -0.15) is 0 Å². The van der Waals surface area contributed by atoms with Crippen molar-refractivity contribution in [1.82, 2.24) is 19.9 Å². The molecule has 3 aromatic heterocycles. The minimum atomic E-state index is -0.264. The fourth-order valence-electron chi connectivity index (χ4n) is 7.71. The van der Waals surface area contributed by atoms with Gasteiger partial charge >= 0.3 is 0 Å². The van der Waals surface area contributed by atoms with Crippen LogP contribution in [-0.4, -0.2) is 19.9 Å². The standard InChI is InChI=1S/C47H32N4S/c1-47(2)36-23-13-12-21-33(36)42-43(50-46(51-44(42)47)31-19-10-5-11-20-31)32-25-26-39-35(27-32)41-34(22-14-24-40(41)52-39)38-28-37(29-15-6-3-7-16-29)48-45(49-38)30-17-8-4-9-18-30/h3-28H,1-2H3. The van der Waals surface area contributed by atoms with Gasteiger partial charge in [-0.25, -0.2) is 19.9 Å². The van der Waals surface area contributed by atoms with Gasteiger partial charge < -0.3 is 0 Å². The van der Waals surface area contributed by atoms with E-state index in [0.29, 0.717) is 5.82 Å². The number of hydrogen-bond acceptors (Lipinski definition) is 5. The van der Waals surface area contributed by atoms with E-state index < -0.39 is 0 Å². The molecule has 9 aromatic rings. The van der Waals surface area contributed by atoms with Gasteiger partial charge in [0.2, 0.25) is 0 Å². The number of hydrogen-bond donors (Lipinski definition) is 0. The topological polar surface area (TPSA) is 51.6 Å². The van der Waals surface area contributed by atoms with Gasteiger partial charge in [0, 0.05) is 59.0 Å². The van der Waals surface area contributed by atoms with Crippen LogP contribution in [-0.2, 0) is 5.41 Å². The van der Waals surface area contributed by atoms with Crippen molar-refractivity contribution in [3.8, 4) is 67.7 Å². The molecule has 0 radical (unpaired) electrons. The van der Waals surface area contributed by atoms with E-state index in [4.69, 9.17) is 19.9 Å². The number of fused-ring (bicyclic) bond motifs is 6. The zero-order chi connectivity index (χ0) is 34.8. The fourth-order valence-corrected chi connectivity index (χ4v) is 8.83. The van der Waals surface area contributed by atoms with E-state index in [1.807, 2.05) is 41.7 Å². The first-order valence-corrected chi connectivity index (χ1v) is 18.4. The molecule has 1 aliphatic rings. The Hall–Kier alpha value is -6.30. The Bertz CT molecular complexity index is 2750. The normalized spacial score (nSPS) is 13.0. The molecule has 0 fully saturated rings. The highest BCUT2D eigenvalue weighted by Crippen LogP contribution is 2.52. The van der Waals surface area contributed by atoms with Gasteiger partial charge in [-0.3, -0.25) is 0 Å². The monoisotopic (exact) mass is 684 g/mol. The lowest BCUT2D eigenvalue weighted by molar-refractivity contribution is 0.636. The Morgan fingerprint density at radius 1 is 0.462 bits per heavy atom. The van der Waals surface area contributed by atoms with Crippen molar-refractivity contribution in [2.24, 2.45) is 0 Å². The maximum absolute atomic E-state index is 5.36. The Balaban J connectivity index is 1.22. The second-order valence-corrected chi connectivity index (χ2v) is 14.9. The Kier molecular flexibility index (Phi) is 6.98. The van der Waals surface area contributed by atoms with E-state index >= 15 is 0 Å². The number of rotatable bonds is 5. The molecule has 0 atom stereocenters. The number of aromatic nitrogens is 4. The summed E-state index contributed by atoms with van der Waals surface area (Å²) in [6.45, 7) is 4.56. The molecule has 6 aromatic carbocycles. The predicted octanol–water partition coefficient (Wildman–Crippen LogP) is 12.3. The molecule has 0 N–H and O–H groups in total. The van der Waals surface area contributed by atoms with E-state index in [0.717, 1.165) is 62.0 Å². The summed E-state index contributed by atoms with van der Waals surface area (Å²) in [7, 11) is 0. The first-order valence-electron chi connectivity index (χ1n) is 17.6. The molecule has 52 heavy (non-hydrogen) atoms. The molecule has 5 heteroatoms. The summed E-state index contributed by atoms with van der Waals surface area (Å²) in [4.78, 5) is 20.9. The molecule has 0 unspecified atom stereocenters. The summed E-state index contributed by atoms with van der Waals surface area (Å²) in [5, 5.41) is 2.38. The van der Waals surface area contributed by atoms with Crippen molar-refractivity contribution in [3.05, 3.63) is 169 Å². The third-order valence-electron chi connectivity index (χ3n) is 10.3. The minimum Gasteiger partial charge on any atom is -0.231 e. The summed E-state index contributed by atoms with van der Waals surface area (Å²) in [6, 6.07) is 55.2. The molecule has 246 valence electrons. The first kappa shape index (κ1) is 30.5. The first-order chi connectivity index (χ1) is 25.5. The van der Waals surface area contributed by atoms with Crippen LogP contribution in [0.15, 0.2) is 158 Å². The molecule has 10 rings (SSSR count). The summed E-state index contributed by atoms with van der Waals surface area (Å²) in [5.41, 5.74) is 12.4. The van der Waals surface area contributed by atoms with Crippen molar-refractivity contribution in [2.45, 2.75) is 19.3 Å². The highest BCUT2D eigenvalue weighted by Gasteiger charge is 2.39. The highest BCUT2D eigenvalue weighted by atomic mass is 32.1. The van der Waals surface area contributed by atoms with Crippen LogP contribution in [0.1, 0.15) is 25.1 Å². The molecule has 0 spiro atoms. The van der Waals surface area contributed by atoms with Crippen molar-refractivity contribution < 1.29 is 0 Å². The van der Waals surface area contributed by atoms with Crippen LogP contribution in [0, 0.1) is 0 Å². The van der Waals surface area contributed by atoms with E-state index in [9.17, 15) is 0 Å². The van der Waals surface area contributed by atoms with Crippen molar-refractivity contribution in [1.29, 1.82) is 0 Å². The lowest BCUT2D eigenvalue weighted by Gasteiger charge is -2.21. The van der Waals surface area contributed by atoms with Gasteiger partial charge in [-0.1, -0.05) is 147 Å². The molecular formula is C47H32N4S. The Morgan fingerprint density at radius 3 is 1.81 bits per heavy atom. The highest BCUT2D eigenvalue weighted by molar-refractivity contribution is 7.26. The molecule has 0 saturated heterocycles. The quantitative estimate of drug-likeness (QED) is 0.181. The van der Waals surface area contributed by atoms with Crippen LogP contribution in [0.4, 0.5) is 0 Å². The molecule has 4 nitrogen and oxygen atoms in total. The summed E-state index contributed by atoms with van der Waals surface area (Å²) >= 11 is 1.81. The average Bonchev–Trinajstić information content (AvgIpc) is 3.70. The van der Waals surface area contributed by atoms with Gasteiger partial charge in [0.1, 0.15) is 0 Å². The largest absolute Gasteiger partial charge is 0.231 e. The van der Waals surface area contributed by atoms with Crippen molar-refractivity contribution in [3.63, 3.8) is 0 Å². The van der Waals surface area contributed by atoms with Gasteiger partial charge in [0.05, 0.1) is 22.8 Å². The van der Waals surface area contributed by atoms with Crippen LogP contribution in [0.3, 0.4) is 0 Å².